The molecule has 0 bridgehead atoms. The fourth-order valence-electron chi connectivity index (χ4n) is 1.66. The molecule has 0 aromatic heterocycles. The van der Waals surface area contributed by atoms with Gasteiger partial charge in [0.05, 0.1) is 0 Å². The Morgan fingerprint density at radius 1 is 1.31 bits per heavy atom. The highest BCUT2D eigenvalue weighted by molar-refractivity contribution is 7.99. The second-order valence-corrected chi connectivity index (χ2v) is 5.86. The molecule has 1 N–H and O–H groups in total. The van der Waals surface area contributed by atoms with Crippen LogP contribution in [0.5, 0.6) is 0 Å². The molecule has 1 rings (SSSR count). The van der Waals surface area contributed by atoms with Crippen molar-refractivity contribution in [2.24, 2.45) is 0 Å². The molecule has 0 unspecified atom stereocenters. The van der Waals surface area contributed by atoms with Crippen LogP contribution in [-0.4, -0.2) is 48.6 Å². The van der Waals surface area contributed by atoms with E-state index in [1.807, 2.05) is 11.8 Å². The number of rotatable bonds is 3. The number of nitrogens with zero attached hydrogens (tertiary/aromatic N) is 1. The highest BCUT2D eigenvalue weighted by atomic mass is 32.2. The number of hydrogen-bond acceptors (Lipinski definition) is 3. The summed E-state index contributed by atoms with van der Waals surface area (Å²) in [4.78, 5) is 2.58. The first-order chi connectivity index (χ1) is 6.14. The molecule has 0 saturated carbocycles. The van der Waals surface area contributed by atoms with Crippen molar-refractivity contribution in [2.75, 3.05) is 39.0 Å². The molecule has 0 aromatic rings. The van der Waals surface area contributed by atoms with Crippen molar-refractivity contribution in [3.63, 3.8) is 0 Å². The summed E-state index contributed by atoms with van der Waals surface area (Å²) in [6.45, 7) is 10.7. The molecule has 0 amide bonds. The van der Waals surface area contributed by atoms with Crippen LogP contribution in [0.4, 0.5) is 0 Å². The maximum Gasteiger partial charge on any atom is 0.0227 e. The Morgan fingerprint density at radius 3 is 2.77 bits per heavy atom. The number of thioether (sulfide) groups is 1. The average Bonchev–Trinajstić information content (AvgIpc) is 2.32. The number of nitrogens with one attached hydrogen (secondary N) is 1. The summed E-state index contributed by atoms with van der Waals surface area (Å²) in [6, 6.07) is 0. The average molecular weight is 202 g/mol. The van der Waals surface area contributed by atoms with Crippen LogP contribution in [0.15, 0.2) is 0 Å². The monoisotopic (exact) mass is 202 g/mol. The molecule has 0 spiro atoms. The lowest BCUT2D eigenvalue weighted by Crippen LogP contribution is -2.38. The van der Waals surface area contributed by atoms with Gasteiger partial charge in [0.15, 0.2) is 0 Å². The van der Waals surface area contributed by atoms with E-state index in [0.29, 0.717) is 4.75 Å². The van der Waals surface area contributed by atoms with Crippen LogP contribution in [0.3, 0.4) is 0 Å². The van der Waals surface area contributed by atoms with Gasteiger partial charge in [0.25, 0.3) is 0 Å². The third-order valence-electron chi connectivity index (χ3n) is 2.59. The Kier molecular flexibility index (Phi) is 4.56. The van der Waals surface area contributed by atoms with E-state index in [0.717, 1.165) is 6.54 Å². The van der Waals surface area contributed by atoms with Crippen molar-refractivity contribution in [2.45, 2.75) is 25.0 Å². The molecular weight excluding hydrogens is 180 g/mol. The molecule has 1 heterocycles. The van der Waals surface area contributed by atoms with Gasteiger partial charge in [0.1, 0.15) is 0 Å². The van der Waals surface area contributed by atoms with Gasteiger partial charge >= 0.3 is 0 Å². The van der Waals surface area contributed by atoms with Gasteiger partial charge in [-0.05, 0) is 39.6 Å². The van der Waals surface area contributed by atoms with Crippen molar-refractivity contribution in [1.82, 2.24) is 10.2 Å². The minimum absolute atomic E-state index is 0.407. The predicted octanol–water partition coefficient (Wildman–Crippen LogP) is 1.42. The molecule has 0 aliphatic carbocycles. The van der Waals surface area contributed by atoms with Crippen molar-refractivity contribution >= 4 is 11.8 Å². The second kappa shape index (κ2) is 5.23. The van der Waals surface area contributed by atoms with Crippen LogP contribution >= 0.6 is 11.8 Å². The Hall–Kier alpha value is 0.270. The summed E-state index contributed by atoms with van der Waals surface area (Å²) < 4.78 is 0.407. The molecule has 1 fully saturated rings. The Morgan fingerprint density at radius 2 is 2.08 bits per heavy atom. The summed E-state index contributed by atoms with van der Waals surface area (Å²) in [5, 5.41) is 3.43. The van der Waals surface area contributed by atoms with E-state index in [-0.39, 0.29) is 0 Å². The standard InChI is InChI=1S/C10H22N2S/c1-10(2,13-3)9-12-7-4-5-11-6-8-12/h11H,4-9H2,1-3H3. The summed E-state index contributed by atoms with van der Waals surface area (Å²) in [6.07, 6.45) is 3.50. The minimum Gasteiger partial charge on any atom is -0.315 e. The summed E-state index contributed by atoms with van der Waals surface area (Å²) in [5.74, 6) is 0. The molecule has 78 valence electrons. The summed E-state index contributed by atoms with van der Waals surface area (Å²) in [7, 11) is 0. The van der Waals surface area contributed by atoms with Crippen LogP contribution in [0.2, 0.25) is 0 Å². The second-order valence-electron chi connectivity index (χ2n) is 4.34. The maximum atomic E-state index is 3.43. The lowest BCUT2D eigenvalue weighted by Gasteiger charge is -2.30. The van der Waals surface area contributed by atoms with E-state index in [1.165, 1.54) is 32.6 Å². The molecule has 1 aliphatic rings. The lowest BCUT2D eigenvalue weighted by atomic mass is 10.2. The van der Waals surface area contributed by atoms with Gasteiger partial charge in [0.2, 0.25) is 0 Å². The van der Waals surface area contributed by atoms with Gasteiger partial charge in [-0.3, -0.25) is 0 Å². The van der Waals surface area contributed by atoms with E-state index in [1.54, 1.807) is 0 Å². The molecule has 0 aromatic carbocycles. The van der Waals surface area contributed by atoms with Crippen molar-refractivity contribution in [3.8, 4) is 0 Å². The molecule has 1 saturated heterocycles. The molecular formula is C10H22N2S. The summed E-state index contributed by atoms with van der Waals surface area (Å²) in [5.41, 5.74) is 0. The normalized spacial score (nSPS) is 21.5. The largest absolute Gasteiger partial charge is 0.315 e. The van der Waals surface area contributed by atoms with E-state index in [9.17, 15) is 0 Å². The first-order valence-electron chi connectivity index (χ1n) is 5.12. The fourth-order valence-corrected chi connectivity index (χ4v) is 1.97. The molecule has 1 aliphatic heterocycles. The van der Waals surface area contributed by atoms with Crippen molar-refractivity contribution < 1.29 is 0 Å². The van der Waals surface area contributed by atoms with Gasteiger partial charge < -0.3 is 10.2 Å². The SMILES string of the molecule is CSC(C)(C)CN1CCCNCC1. The minimum atomic E-state index is 0.407. The Labute approximate surface area is 86.5 Å². The van der Waals surface area contributed by atoms with Crippen LogP contribution in [0.25, 0.3) is 0 Å². The van der Waals surface area contributed by atoms with Gasteiger partial charge in [-0.15, -0.1) is 0 Å². The van der Waals surface area contributed by atoms with Crippen LogP contribution < -0.4 is 5.32 Å². The van der Waals surface area contributed by atoms with Gasteiger partial charge in [0, 0.05) is 24.4 Å². The van der Waals surface area contributed by atoms with E-state index in [2.05, 4.69) is 30.3 Å². The molecule has 3 heteroatoms. The topological polar surface area (TPSA) is 15.3 Å². The molecule has 0 radical (unpaired) electrons. The van der Waals surface area contributed by atoms with E-state index in [4.69, 9.17) is 0 Å². The van der Waals surface area contributed by atoms with Crippen LogP contribution in [0, 0.1) is 0 Å². The van der Waals surface area contributed by atoms with Crippen molar-refractivity contribution in [3.05, 3.63) is 0 Å². The summed E-state index contributed by atoms with van der Waals surface area (Å²) >= 11 is 1.97. The lowest BCUT2D eigenvalue weighted by molar-refractivity contribution is 0.272. The Bertz CT molecular complexity index is 140. The van der Waals surface area contributed by atoms with Gasteiger partial charge in [-0.25, -0.2) is 0 Å². The third-order valence-corrected chi connectivity index (χ3v) is 3.82. The third kappa shape index (κ3) is 4.34. The zero-order chi connectivity index (χ0) is 9.73. The van der Waals surface area contributed by atoms with Crippen LogP contribution in [-0.2, 0) is 0 Å². The highest BCUT2D eigenvalue weighted by Crippen LogP contribution is 2.22. The Balaban J connectivity index is 2.33. The first kappa shape index (κ1) is 11.3. The maximum absolute atomic E-state index is 3.43. The molecule has 0 atom stereocenters. The zero-order valence-electron chi connectivity index (χ0n) is 9.10. The number of hydrogen-bond donors (Lipinski definition) is 1. The van der Waals surface area contributed by atoms with Gasteiger partial charge in [-0.1, -0.05) is 0 Å². The fraction of sp³-hybridized carbons (Fsp3) is 1.00. The molecule has 2 nitrogen and oxygen atoms in total. The smallest absolute Gasteiger partial charge is 0.0227 e. The van der Waals surface area contributed by atoms with Gasteiger partial charge in [-0.2, -0.15) is 11.8 Å². The van der Waals surface area contributed by atoms with Crippen LogP contribution in [0.1, 0.15) is 20.3 Å². The zero-order valence-corrected chi connectivity index (χ0v) is 9.91. The molecule has 13 heavy (non-hydrogen) atoms. The first-order valence-corrected chi connectivity index (χ1v) is 6.35. The van der Waals surface area contributed by atoms with E-state index < -0.39 is 0 Å². The predicted molar refractivity (Wildman–Crippen MR) is 61.5 cm³/mol. The highest BCUT2D eigenvalue weighted by Gasteiger charge is 2.20. The quantitative estimate of drug-likeness (QED) is 0.745. The van der Waals surface area contributed by atoms with E-state index >= 15 is 0 Å². The van der Waals surface area contributed by atoms with Crippen molar-refractivity contribution in [1.29, 1.82) is 0 Å².